The van der Waals surface area contributed by atoms with Crippen LogP contribution in [0, 0.1) is 12.8 Å². The first-order chi connectivity index (χ1) is 15.1. The Labute approximate surface area is 187 Å². The standard InChI is InChI=1S/C27H37NO3/c1-4-6-17-30-19-22-18-23(28-27(29)21-11-8-7-9-12-21)15-16-25(22)24-13-10-14-26(20(24)3)31-5-2/h10,13-16,18,21H,4-9,11-12,17,19H2,1-3H3,(H,28,29). The van der Waals surface area contributed by atoms with E-state index in [1.54, 1.807) is 0 Å². The summed E-state index contributed by atoms with van der Waals surface area (Å²) in [7, 11) is 0. The Balaban J connectivity index is 1.86. The number of rotatable bonds is 10. The van der Waals surface area contributed by atoms with E-state index in [9.17, 15) is 4.79 Å². The van der Waals surface area contributed by atoms with Crippen molar-refractivity contribution in [1.29, 1.82) is 0 Å². The first-order valence-corrected chi connectivity index (χ1v) is 11.9. The van der Waals surface area contributed by atoms with Gasteiger partial charge in [-0.1, -0.05) is 50.8 Å². The van der Waals surface area contributed by atoms with Crippen molar-refractivity contribution in [3.63, 3.8) is 0 Å². The predicted octanol–water partition coefficient (Wildman–Crippen LogP) is 6.90. The lowest BCUT2D eigenvalue weighted by atomic mass is 9.88. The molecular formula is C27H37NO3. The van der Waals surface area contributed by atoms with Gasteiger partial charge >= 0.3 is 0 Å². The van der Waals surface area contributed by atoms with Crippen molar-refractivity contribution in [2.75, 3.05) is 18.5 Å². The van der Waals surface area contributed by atoms with Gasteiger partial charge in [-0.25, -0.2) is 0 Å². The molecule has 0 unspecified atom stereocenters. The Kier molecular flexibility index (Phi) is 8.96. The number of anilines is 1. The number of ether oxygens (including phenoxy) is 2. The van der Waals surface area contributed by atoms with E-state index < -0.39 is 0 Å². The maximum absolute atomic E-state index is 12.7. The minimum atomic E-state index is 0.141. The molecule has 4 nitrogen and oxygen atoms in total. The lowest BCUT2D eigenvalue weighted by Crippen LogP contribution is -2.24. The van der Waals surface area contributed by atoms with Crippen molar-refractivity contribution in [1.82, 2.24) is 0 Å². The average molecular weight is 424 g/mol. The first kappa shape index (κ1) is 23.3. The van der Waals surface area contributed by atoms with Crippen LogP contribution in [0.5, 0.6) is 5.75 Å². The van der Waals surface area contributed by atoms with Crippen LogP contribution in [0.2, 0.25) is 0 Å². The highest BCUT2D eigenvalue weighted by atomic mass is 16.5. The van der Waals surface area contributed by atoms with Gasteiger partial charge in [-0.3, -0.25) is 4.79 Å². The lowest BCUT2D eigenvalue weighted by molar-refractivity contribution is -0.120. The molecule has 0 atom stereocenters. The SMILES string of the molecule is CCCCOCc1cc(NC(=O)C2CCCCC2)ccc1-c1cccc(OCC)c1C. The molecule has 31 heavy (non-hydrogen) atoms. The number of nitrogens with one attached hydrogen (secondary N) is 1. The topological polar surface area (TPSA) is 47.6 Å². The summed E-state index contributed by atoms with van der Waals surface area (Å²) in [5.74, 6) is 1.20. The number of amides is 1. The van der Waals surface area contributed by atoms with E-state index in [2.05, 4.69) is 37.4 Å². The van der Waals surface area contributed by atoms with E-state index in [1.807, 2.05) is 25.1 Å². The van der Waals surface area contributed by atoms with Gasteiger partial charge in [0.1, 0.15) is 5.75 Å². The fraction of sp³-hybridized carbons (Fsp3) is 0.519. The third kappa shape index (κ3) is 6.33. The van der Waals surface area contributed by atoms with Crippen LogP contribution >= 0.6 is 0 Å². The maximum atomic E-state index is 12.7. The van der Waals surface area contributed by atoms with Crippen LogP contribution in [0.4, 0.5) is 5.69 Å². The number of benzene rings is 2. The van der Waals surface area contributed by atoms with E-state index >= 15 is 0 Å². The molecule has 1 fully saturated rings. The van der Waals surface area contributed by atoms with Crippen LogP contribution in [0.3, 0.4) is 0 Å². The highest BCUT2D eigenvalue weighted by molar-refractivity contribution is 5.93. The molecule has 2 aromatic rings. The molecule has 3 rings (SSSR count). The van der Waals surface area contributed by atoms with Gasteiger partial charge in [0.05, 0.1) is 13.2 Å². The zero-order valence-electron chi connectivity index (χ0n) is 19.3. The van der Waals surface area contributed by atoms with Gasteiger partial charge in [-0.15, -0.1) is 0 Å². The van der Waals surface area contributed by atoms with Crippen molar-refractivity contribution in [2.45, 2.75) is 72.3 Å². The molecular weight excluding hydrogens is 386 g/mol. The second-order valence-electron chi connectivity index (χ2n) is 8.46. The van der Waals surface area contributed by atoms with E-state index in [0.717, 1.165) is 78.8 Å². The number of carbonyl (C=O) groups is 1. The molecule has 0 heterocycles. The summed E-state index contributed by atoms with van der Waals surface area (Å²) >= 11 is 0. The van der Waals surface area contributed by atoms with Crippen LogP contribution in [0.15, 0.2) is 36.4 Å². The molecule has 0 saturated heterocycles. The quantitative estimate of drug-likeness (QED) is 0.423. The molecule has 0 spiro atoms. The highest BCUT2D eigenvalue weighted by Crippen LogP contribution is 2.34. The molecule has 1 aliphatic rings. The Morgan fingerprint density at radius 2 is 1.87 bits per heavy atom. The Morgan fingerprint density at radius 3 is 2.61 bits per heavy atom. The third-order valence-corrected chi connectivity index (χ3v) is 6.12. The summed E-state index contributed by atoms with van der Waals surface area (Å²) in [6, 6.07) is 12.4. The molecule has 1 aliphatic carbocycles. The van der Waals surface area contributed by atoms with Crippen LogP contribution < -0.4 is 10.1 Å². The van der Waals surface area contributed by atoms with Crippen molar-refractivity contribution >= 4 is 11.6 Å². The molecule has 1 saturated carbocycles. The fourth-order valence-electron chi connectivity index (χ4n) is 4.31. The lowest BCUT2D eigenvalue weighted by Gasteiger charge is -2.21. The van der Waals surface area contributed by atoms with Gasteiger partial charge in [0, 0.05) is 18.2 Å². The molecule has 168 valence electrons. The summed E-state index contributed by atoms with van der Waals surface area (Å²) in [6.45, 7) is 8.18. The Morgan fingerprint density at radius 1 is 1.06 bits per heavy atom. The normalized spacial score (nSPS) is 14.4. The summed E-state index contributed by atoms with van der Waals surface area (Å²) in [5, 5.41) is 3.16. The van der Waals surface area contributed by atoms with Crippen LogP contribution in [0.25, 0.3) is 11.1 Å². The van der Waals surface area contributed by atoms with E-state index in [0.29, 0.717) is 13.2 Å². The van der Waals surface area contributed by atoms with Crippen molar-refractivity contribution in [3.05, 3.63) is 47.5 Å². The Bertz CT molecular complexity index is 856. The van der Waals surface area contributed by atoms with Gasteiger partial charge in [0.15, 0.2) is 0 Å². The summed E-state index contributed by atoms with van der Waals surface area (Å²) in [6.07, 6.45) is 7.72. The van der Waals surface area contributed by atoms with Crippen LogP contribution in [-0.2, 0) is 16.1 Å². The average Bonchev–Trinajstić information content (AvgIpc) is 2.79. The minimum absolute atomic E-state index is 0.141. The van der Waals surface area contributed by atoms with Crippen LogP contribution in [-0.4, -0.2) is 19.1 Å². The molecule has 0 bridgehead atoms. The van der Waals surface area contributed by atoms with Crippen molar-refractivity contribution < 1.29 is 14.3 Å². The highest BCUT2D eigenvalue weighted by Gasteiger charge is 2.21. The Hall–Kier alpha value is -2.33. The fourth-order valence-corrected chi connectivity index (χ4v) is 4.31. The number of hydrogen-bond acceptors (Lipinski definition) is 3. The summed E-state index contributed by atoms with van der Waals surface area (Å²) in [4.78, 5) is 12.7. The van der Waals surface area contributed by atoms with Crippen LogP contribution in [0.1, 0.15) is 69.9 Å². The molecule has 4 heteroatoms. The number of hydrogen-bond donors (Lipinski definition) is 1. The molecule has 0 radical (unpaired) electrons. The van der Waals surface area contributed by atoms with Gasteiger partial charge < -0.3 is 14.8 Å². The molecule has 0 aliphatic heterocycles. The van der Waals surface area contributed by atoms with Crippen molar-refractivity contribution in [3.8, 4) is 16.9 Å². The monoisotopic (exact) mass is 423 g/mol. The molecule has 1 amide bonds. The van der Waals surface area contributed by atoms with Gasteiger partial charge in [-0.05, 0) is 73.6 Å². The largest absolute Gasteiger partial charge is 0.494 e. The predicted molar refractivity (Wildman–Crippen MR) is 128 cm³/mol. The van der Waals surface area contributed by atoms with Gasteiger partial charge in [-0.2, -0.15) is 0 Å². The third-order valence-electron chi connectivity index (χ3n) is 6.12. The second-order valence-corrected chi connectivity index (χ2v) is 8.46. The molecule has 0 aromatic heterocycles. The first-order valence-electron chi connectivity index (χ1n) is 11.9. The maximum Gasteiger partial charge on any atom is 0.227 e. The van der Waals surface area contributed by atoms with E-state index in [1.165, 1.54) is 6.42 Å². The van der Waals surface area contributed by atoms with E-state index in [-0.39, 0.29) is 11.8 Å². The summed E-state index contributed by atoms with van der Waals surface area (Å²) in [5.41, 5.74) is 5.34. The van der Waals surface area contributed by atoms with E-state index in [4.69, 9.17) is 9.47 Å². The van der Waals surface area contributed by atoms with Gasteiger partial charge in [0.25, 0.3) is 0 Å². The summed E-state index contributed by atoms with van der Waals surface area (Å²) < 4.78 is 11.8. The zero-order valence-corrected chi connectivity index (χ0v) is 19.3. The zero-order chi connectivity index (χ0) is 22.1. The minimum Gasteiger partial charge on any atom is -0.494 e. The second kappa shape index (κ2) is 11.9. The number of carbonyl (C=O) groups excluding carboxylic acids is 1. The number of unbranched alkanes of at least 4 members (excludes halogenated alkanes) is 1. The molecule has 1 N–H and O–H groups in total. The smallest absolute Gasteiger partial charge is 0.227 e. The van der Waals surface area contributed by atoms with Gasteiger partial charge in [0.2, 0.25) is 5.91 Å². The van der Waals surface area contributed by atoms with Crippen molar-refractivity contribution in [2.24, 2.45) is 5.92 Å². The molecule has 2 aromatic carbocycles.